The first-order valence-corrected chi connectivity index (χ1v) is 8.40. The Morgan fingerprint density at radius 2 is 1.71 bits per heavy atom. The first-order valence-electron chi connectivity index (χ1n) is 7.60. The molecule has 128 valence electrons. The molecule has 0 radical (unpaired) electrons. The second-order valence-electron chi connectivity index (χ2n) is 5.37. The lowest BCUT2D eigenvalue weighted by molar-refractivity contribution is -0.139. The Balaban J connectivity index is 2.69. The maximum atomic E-state index is 12.6. The molecule has 2 rings (SSSR count). The molecule has 0 fully saturated rings. The molecule has 0 saturated heterocycles. The van der Waals surface area contributed by atoms with Crippen molar-refractivity contribution in [3.8, 4) is 0 Å². The number of rotatable bonds is 4. The molecule has 1 aromatic carbocycles. The van der Waals surface area contributed by atoms with Crippen molar-refractivity contribution in [2.75, 3.05) is 13.7 Å². The van der Waals surface area contributed by atoms with Crippen molar-refractivity contribution < 1.29 is 19.1 Å². The maximum absolute atomic E-state index is 12.6. The van der Waals surface area contributed by atoms with E-state index in [4.69, 9.17) is 9.47 Å². The van der Waals surface area contributed by atoms with Crippen LogP contribution in [0.5, 0.6) is 0 Å². The number of hydrogen-bond acceptors (Lipinski definition) is 5. The summed E-state index contributed by atoms with van der Waals surface area (Å²) < 4.78 is 11.0. The van der Waals surface area contributed by atoms with Gasteiger partial charge in [0.15, 0.2) is 0 Å². The molecule has 1 atom stereocenters. The van der Waals surface area contributed by atoms with Crippen molar-refractivity contribution in [3.63, 3.8) is 0 Å². The lowest BCUT2D eigenvalue weighted by atomic mass is 9.80. The van der Waals surface area contributed by atoms with E-state index in [1.807, 2.05) is 24.3 Å². The number of esters is 2. The van der Waals surface area contributed by atoms with Gasteiger partial charge in [0.05, 0.1) is 30.8 Å². The summed E-state index contributed by atoms with van der Waals surface area (Å²) in [5, 5.41) is 3.10. The van der Waals surface area contributed by atoms with Gasteiger partial charge in [0.25, 0.3) is 0 Å². The van der Waals surface area contributed by atoms with Crippen LogP contribution in [0.2, 0.25) is 0 Å². The fraction of sp³-hybridized carbons (Fsp3) is 0.333. The van der Waals surface area contributed by atoms with E-state index in [0.29, 0.717) is 22.5 Å². The molecular weight excluding hydrogens is 374 g/mol. The molecule has 1 N–H and O–H groups in total. The average Bonchev–Trinajstić information content (AvgIpc) is 2.54. The Morgan fingerprint density at radius 3 is 2.25 bits per heavy atom. The van der Waals surface area contributed by atoms with E-state index in [0.717, 1.165) is 10.0 Å². The molecule has 1 aliphatic rings. The van der Waals surface area contributed by atoms with E-state index in [9.17, 15) is 9.59 Å². The molecule has 1 heterocycles. The fourth-order valence-electron chi connectivity index (χ4n) is 2.87. The monoisotopic (exact) mass is 393 g/mol. The van der Waals surface area contributed by atoms with E-state index in [1.165, 1.54) is 7.11 Å². The summed E-state index contributed by atoms with van der Waals surface area (Å²) in [6, 6.07) is 7.50. The van der Waals surface area contributed by atoms with Crippen molar-refractivity contribution in [2.45, 2.75) is 26.7 Å². The molecular formula is C18H20BrNO4. The SMILES string of the molecule is CCOC(=O)C1=C(C)NC(C)=C(C(=O)OC)C1c1ccccc1Br. The van der Waals surface area contributed by atoms with Gasteiger partial charge < -0.3 is 14.8 Å². The summed E-state index contributed by atoms with van der Waals surface area (Å²) in [6.45, 7) is 5.60. The Morgan fingerprint density at radius 1 is 1.12 bits per heavy atom. The van der Waals surface area contributed by atoms with Crippen LogP contribution in [-0.2, 0) is 19.1 Å². The third-order valence-electron chi connectivity index (χ3n) is 3.88. The quantitative estimate of drug-likeness (QED) is 0.793. The molecule has 5 nitrogen and oxygen atoms in total. The third kappa shape index (κ3) is 3.38. The van der Waals surface area contributed by atoms with Gasteiger partial charge in [0, 0.05) is 15.9 Å². The first kappa shape index (κ1) is 18.3. The topological polar surface area (TPSA) is 64.6 Å². The van der Waals surface area contributed by atoms with E-state index in [1.54, 1.807) is 20.8 Å². The standard InChI is InChI=1S/C18H20BrNO4/c1-5-24-18(22)15-11(3)20-10(2)14(17(21)23-4)16(15)12-8-6-7-9-13(12)19/h6-9,16,20H,5H2,1-4H3. The first-order chi connectivity index (χ1) is 11.4. The van der Waals surface area contributed by atoms with Crippen molar-refractivity contribution in [1.82, 2.24) is 5.32 Å². The molecule has 6 heteroatoms. The van der Waals surface area contributed by atoms with Gasteiger partial charge in [-0.1, -0.05) is 34.1 Å². The number of carbonyl (C=O) groups is 2. The van der Waals surface area contributed by atoms with Gasteiger partial charge in [-0.3, -0.25) is 0 Å². The molecule has 0 spiro atoms. The zero-order valence-electron chi connectivity index (χ0n) is 14.1. The molecule has 0 bridgehead atoms. The van der Waals surface area contributed by atoms with Gasteiger partial charge >= 0.3 is 11.9 Å². The molecule has 1 aromatic rings. The average molecular weight is 394 g/mol. The molecule has 0 aliphatic carbocycles. The molecule has 1 unspecified atom stereocenters. The van der Waals surface area contributed by atoms with Crippen molar-refractivity contribution in [1.29, 1.82) is 0 Å². The van der Waals surface area contributed by atoms with E-state index < -0.39 is 17.9 Å². The lowest BCUT2D eigenvalue weighted by Gasteiger charge is -2.30. The number of halogens is 1. The van der Waals surface area contributed by atoms with Crippen LogP contribution >= 0.6 is 15.9 Å². The van der Waals surface area contributed by atoms with Crippen LogP contribution in [0.3, 0.4) is 0 Å². The lowest BCUT2D eigenvalue weighted by Crippen LogP contribution is -2.32. The van der Waals surface area contributed by atoms with Crippen molar-refractivity contribution in [3.05, 3.63) is 56.8 Å². The highest BCUT2D eigenvalue weighted by Gasteiger charge is 2.38. The third-order valence-corrected chi connectivity index (χ3v) is 4.60. The highest BCUT2D eigenvalue weighted by molar-refractivity contribution is 9.10. The minimum absolute atomic E-state index is 0.258. The minimum atomic E-state index is -0.562. The van der Waals surface area contributed by atoms with E-state index >= 15 is 0 Å². The highest BCUT2D eigenvalue weighted by atomic mass is 79.9. The normalized spacial score (nSPS) is 17.5. The smallest absolute Gasteiger partial charge is 0.336 e. The van der Waals surface area contributed by atoms with Crippen LogP contribution < -0.4 is 5.32 Å². The maximum Gasteiger partial charge on any atom is 0.336 e. The molecule has 0 saturated carbocycles. The van der Waals surface area contributed by atoms with Crippen LogP contribution in [0.4, 0.5) is 0 Å². The summed E-state index contributed by atoms with van der Waals surface area (Å²) in [5.74, 6) is -1.49. The van der Waals surface area contributed by atoms with Gasteiger partial charge in [-0.2, -0.15) is 0 Å². The van der Waals surface area contributed by atoms with Crippen LogP contribution in [-0.4, -0.2) is 25.7 Å². The number of ether oxygens (including phenoxy) is 2. The number of hydrogen-bond donors (Lipinski definition) is 1. The second kappa shape index (κ2) is 7.66. The van der Waals surface area contributed by atoms with Gasteiger partial charge in [0.1, 0.15) is 0 Å². The van der Waals surface area contributed by atoms with Crippen LogP contribution in [0.1, 0.15) is 32.3 Å². The number of nitrogens with one attached hydrogen (secondary N) is 1. The van der Waals surface area contributed by atoms with Crippen LogP contribution in [0, 0.1) is 0 Å². The van der Waals surface area contributed by atoms with Gasteiger partial charge in [0.2, 0.25) is 0 Å². The number of benzene rings is 1. The summed E-state index contributed by atoms with van der Waals surface area (Å²) in [7, 11) is 1.33. The van der Waals surface area contributed by atoms with Crippen molar-refractivity contribution in [2.24, 2.45) is 0 Å². The van der Waals surface area contributed by atoms with Crippen LogP contribution in [0.15, 0.2) is 51.3 Å². The Kier molecular flexibility index (Phi) is 5.83. The number of methoxy groups -OCH3 is 1. The van der Waals surface area contributed by atoms with Crippen LogP contribution in [0.25, 0.3) is 0 Å². The summed E-state index contributed by atoms with van der Waals surface area (Å²) in [6.07, 6.45) is 0. The molecule has 0 aromatic heterocycles. The summed E-state index contributed by atoms with van der Waals surface area (Å²) >= 11 is 3.52. The van der Waals surface area contributed by atoms with Crippen molar-refractivity contribution >= 4 is 27.9 Å². The summed E-state index contributed by atoms with van der Waals surface area (Å²) in [4.78, 5) is 25.0. The summed E-state index contributed by atoms with van der Waals surface area (Å²) in [5.41, 5.74) is 2.95. The predicted molar refractivity (Wildman–Crippen MR) is 94.1 cm³/mol. The van der Waals surface area contributed by atoms with Gasteiger partial charge in [-0.25, -0.2) is 9.59 Å². The zero-order valence-corrected chi connectivity index (χ0v) is 15.7. The molecule has 24 heavy (non-hydrogen) atoms. The second-order valence-corrected chi connectivity index (χ2v) is 6.22. The van der Waals surface area contributed by atoms with Gasteiger partial charge in [-0.05, 0) is 32.4 Å². The van der Waals surface area contributed by atoms with E-state index in [2.05, 4.69) is 21.2 Å². The largest absolute Gasteiger partial charge is 0.466 e. The predicted octanol–water partition coefficient (Wildman–Crippen LogP) is 3.42. The minimum Gasteiger partial charge on any atom is -0.466 e. The van der Waals surface area contributed by atoms with Gasteiger partial charge in [-0.15, -0.1) is 0 Å². The fourth-order valence-corrected chi connectivity index (χ4v) is 3.39. The zero-order chi connectivity index (χ0) is 17.9. The number of dihydropyridines is 1. The Bertz CT molecular complexity index is 736. The van der Waals surface area contributed by atoms with E-state index in [-0.39, 0.29) is 6.61 Å². The number of allylic oxidation sites excluding steroid dienone is 2. The number of carbonyl (C=O) groups excluding carboxylic acids is 2. The molecule has 1 aliphatic heterocycles. The Labute approximate surface area is 149 Å². The highest BCUT2D eigenvalue weighted by Crippen LogP contribution is 2.41. The Hall–Kier alpha value is -2.08. The molecule has 0 amide bonds.